The van der Waals surface area contributed by atoms with Gasteiger partial charge in [0, 0.05) is 37.1 Å². The van der Waals surface area contributed by atoms with Gasteiger partial charge < -0.3 is 19.5 Å². The number of hydrogen-bond donors (Lipinski definition) is 1. The number of methoxy groups -OCH3 is 1. The number of halogens is 2. The van der Waals surface area contributed by atoms with E-state index in [1.54, 1.807) is 37.4 Å². The minimum Gasteiger partial charge on any atom is -0.496 e. The molecule has 1 amide bonds. The first-order chi connectivity index (χ1) is 17.2. The van der Waals surface area contributed by atoms with Crippen molar-refractivity contribution >= 4 is 23.5 Å². The Kier molecular flexibility index (Phi) is 7.50. The molecule has 0 aliphatic carbocycles. The molecule has 4 rings (SSSR count). The van der Waals surface area contributed by atoms with Crippen molar-refractivity contribution in [1.82, 2.24) is 4.90 Å². The summed E-state index contributed by atoms with van der Waals surface area (Å²) in [4.78, 5) is 26.2. The molecule has 0 spiro atoms. The Morgan fingerprint density at radius 2 is 1.94 bits per heavy atom. The highest BCUT2D eigenvalue weighted by Gasteiger charge is 2.36. The number of amides is 1. The molecule has 1 aliphatic rings. The van der Waals surface area contributed by atoms with E-state index in [-0.39, 0.29) is 30.4 Å². The summed E-state index contributed by atoms with van der Waals surface area (Å²) in [5, 5.41) is 9.28. The summed E-state index contributed by atoms with van der Waals surface area (Å²) in [6, 6.07) is 17.3. The Balaban J connectivity index is 1.54. The smallest absolute Gasteiger partial charge is 0.305 e. The predicted octanol–water partition coefficient (Wildman–Crippen LogP) is 5.54. The van der Waals surface area contributed by atoms with E-state index in [1.165, 1.54) is 17.0 Å². The highest BCUT2D eigenvalue weighted by atomic mass is 35.5. The third-order valence-electron chi connectivity index (χ3n) is 6.23. The van der Waals surface area contributed by atoms with Crippen LogP contribution in [0.25, 0.3) is 0 Å². The fourth-order valence-electron chi connectivity index (χ4n) is 4.54. The van der Waals surface area contributed by atoms with Gasteiger partial charge in [-0.3, -0.25) is 9.59 Å². The molecule has 1 unspecified atom stereocenters. The van der Waals surface area contributed by atoms with Crippen LogP contribution in [0.5, 0.6) is 11.5 Å². The summed E-state index contributed by atoms with van der Waals surface area (Å²) in [6.45, 7) is 2.21. The summed E-state index contributed by atoms with van der Waals surface area (Å²) < 4.78 is 25.5. The fourth-order valence-corrected chi connectivity index (χ4v) is 4.66. The van der Waals surface area contributed by atoms with Crippen molar-refractivity contribution in [3.63, 3.8) is 0 Å². The molecule has 0 radical (unpaired) electrons. The monoisotopic (exact) mass is 511 g/mol. The zero-order valence-electron chi connectivity index (χ0n) is 20.1. The second-order valence-electron chi connectivity index (χ2n) is 9.16. The van der Waals surface area contributed by atoms with Crippen LogP contribution in [0, 0.1) is 5.82 Å². The van der Waals surface area contributed by atoms with E-state index in [0.29, 0.717) is 29.9 Å². The average Bonchev–Trinajstić information content (AvgIpc) is 3.18. The van der Waals surface area contributed by atoms with Gasteiger partial charge in [-0.25, -0.2) is 4.39 Å². The lowest BCUT2D eigenvalue weighted by atomic mass is 9.91. The lowest BCUT2D eigenvalue weighted by Gasteiger charge is -2.24. The molecular weight excluding hydrogens is 485 g/mol. The summed E-state index contributed by atoms with van der Waals surface area (Å²) in [5.74, 6) is -0.437. The van der Waals surface area contributed by atoms with E-state index in [9.17, 15) is 19.1 Å². The van der Waals surface area contributed by atoms with Gasteiger partial charge >= 0.3 is 5.97 Å². The van der Waals surface area contributed by atoms with Gasteiger partial charge in [-0.15, -0.1) is 0 Å². The van der Waals surface area contributed by atoms with Gasteiger partial charge in [-0.1, -0.05) is 35.9 Å². The number of carboxylic acids is 1. The Morgan fingerprint density at radius 3 is 2.67 bits per heavy atom. The quantitative estimate of drug-likeness (QED) is 0.408. The van der Waals surface area contributed by atoms with Crippen molar-refractivity contribution in [2.45, 2.75) is 38.3 Å². The van der Waals surface area contributed by atoms with Crippen molar-refractivity contribution in [2.24, 2.45) is 0 Å². The molecule has 3 aromatic carbocycles. The predicted molar refractivity (Wildman–Crippen MR) is 134 cm³/mol. The largest absolute Gasteiger partial charge is 0.496 e. The van der Waals surface area contributed by atoms with Gasteiger partial charge in [-0.05, 0) is 54.4 Å². The number of hydrogen-bond acceptors (Lipinski definition) is 4. The molecule has 0 saturated carbocycles. The molecule has 1 aliphatic heterocycles. The number of carboxylic acid groups (broad SMARTS) is 1. The fraction of sp³-hybridized carbons (Fsp3) is 0.286. The molecule has 1 atom stereocenters. The zero-order valence-corrected chi connectivity index (χ0v) is 20.8. The normalized spacial score (nSPS) is 16.2. The molecule has 1 heterocycles. The number of fused-ring (bicyclic) bond motifs is 1. The lowest BCUT2D eigenvalue weighted by molar-refractivity contribution is -0.137. The first-order valence-electron chi connectivity index (χ1n) is 11.6. The van der Waals surface area contributed by atoms with Gasteiger partial charge in [0.05, 0.1) is 18.6 Å². The Hall–Kier alpha value is -3.58. The van der Waals surface area contributed by atoms with Gasteiger partial charge in [-0.2, -0.15) is 0 Å². The summed E-state index contributed by atoms with van der Waals surface area (Å²) >= 11 is 5.80. The molecule has 3 aromatic rings. The molecular formula is C28H27ClFNO5. The SMILES string of the molecule is COc1ccccc1CN(CCC(=O)O)C(=O)c1ccc2c(c1)CC(C)(Cc1ccc(Cl)c(F)c1)O2. The average molecular weight is 512 g/mol. The molecule has 8 heteroatoms. The number of benzene rings is 3. The van der Waals surface area contributed by atoms with Crippen LogP contribution in [-0.2, 0) is 24.2 Å². The van der Waals surface area contributed by atoms with Gasteiger partial charge in [0.25, 0.3) is 5.91 Å². The van der Waals surface area contributed by atoms with E-state index in [4.69, 9.17) is 21.1 Å². The minimum atomic E-state index is -0.982. The van der Waals surface area contributed by atoms with E-state index in [1.807, 2.05) is 25.1 Å². The Labute approximate surface area is 214 Å². The summed E-state index contributed by atoms with van der Waals surface area (Å²) in [7, 11) is 1.55. The van der Waals surface area contributed by atoms with Crippen LogP contribution >= 0.6 is 11.6 Å². The third kappa shape index (κ3) is 5.79. The van der Waals surface area contributed by atoms with Crippen molar-refractivity contribution in [2.75, 3.05) is 13.7 Å². The molecule has 6 nitrogen and oxygen atoms in total. The van der Waals surface area contributed by atoms with Crippen molar-refractivity contribution < 1.29 is 28.6 Å². The first-order valence-corrected chi connectivity index (χ1v) is 11.9. The number of nitrogens with zero attached hydrogens (tertiary/aromatic N) is 1. The molecule has 188 valence electrons. The van der Waals surface area contributed by atoms with Crippen molar-refractivity contribution in [3.05, 3.63) is 93.8 Å². The van der Waals surface area contributed by atoms with Crippen molar-refractivity contribution in [3.8, 4) is 11.5 Å². The number of rotatable bonds is 9. The zero-order chi connectivity index (χ0) is 25.9. The Bertz CT molecular complexity index is 1300. The van der Waals surface area contributed by atoms with E-state index in [0.717, 1.165) is 16.7 Å². The minimum absolute atomic E-state index is 0.0552. The maximum absolute atomic E-state index is 13.9. The topological polar surface area (TPSA) is 76.1 Å². The molecule has 0 saturated heterocycles. The molecule has 0 bridgehead atoms. The standard InChI is InChI=1S/C28H27ClFNO5/c1-28(15-18-7-9-22(29)23(30)13-18)16-21-14-19(8-10-25(21)36-28)27(34)31(12-11-26(32)33)17-20-5-3-4-6-24(20)35-2/h3-10,13-14H,11-12,15-17H2,1-2H3,(H,32,33). The van der Waals surface area contributed by atoms with Crippen LogP contribution in [0.15, 0.2) is 60.7 Å². The van der Waals surface area contributed by atoms with Crippen LogP contribution in [-0.4, -0.2) is 41.1 Å². The number of aliphatic carboxylic acids is 1. The number of carbonyl (C=O) groups is 2. The molecule has 0 fully saturated rings. The third-order valence-corrected chi connectivity index (χ3v) is 6.53. The van der Waals surface area contributed by atoms with Crippen LogP contribution in [0.4, 0.5) is 4.39 Å². The highest BCUT2D eigenvalue weighted by Crippen LogP contribution is 2.38. The van der Waals surface area contributed by atoms with E-state index < -0.39 is 17.4 Å². The summed E-state index contributed by atoms with van der Waals surface area (Å²) in [5.41, 5.74) is 2.25. The second kappa shape index (κ2) is 10.6. The molecule has 0 aromatic heterocycles. The van der Waals surface area contributed by atoms with Crippen molar-refractivity contribution in [1.29, 1.82) is 0 Å². The number of para-hydroxylation sites is 1. The van der Waals surface area contributed by atoms with Crippen LogP contribution < -0.4 is 9.47 Å². The number of ether oxygens (including phenoxy) is 2. The van der Waals surface area contributed by atoms with Crippen LogP contribution in [0.2, 0.25) is 5.02 Å². The second-order valence-corrected chi connectivity index (χ2v) is 9.57. The van der Waals surface area contributed by atoms with E-state index >= 15 is 0 Å². The Morgan fingerprint density at radius 1 is 1.17 bits per heavy atom. The van der Waals surface area contributed by atoms with Gasteiger partial charge in [0.2, 0.25) is 0 Å². The van der Waals surface area contributed by atoms with Crippen LogP contribution in [0.3, 0.4) is 0 Å². The maximum Gasteiger partial charge on any atom is 0.305 e. The van der Waals surface area contributed by atoms with Gasteiger partial charge in [0.15, 0.2) is 0 Å². The maximum atomic E-state index is 13.9. The summed E-state index contributed by atoms with van der Waals surface area (Å²) in [6.07, 6.45) is 0.831. The van der Waals surface area contributed by atoms with Gasteiger partial charge in [0.1, 0.15) is 22.9 Å². The lowest BCUT2D eigenvalue weighted by Crippen LogP contribution is -2.33. The van der Waals surface area contributed by atoms with E-state index in [2.05, 4.69) is 0 Å². The number of carbonyl (C=O) groups excluding carboxylic acids is 1. The first kappa shape index (κ1) is 25.5. The molecule has 1 N–H and O–H groups in total. The highest BCUT2D eigenvalue weighted by molar-refractivity contribution is 6.30. The van der Waals surface area contributed by atoms with Crippen LogP contribution in [0.1, 0.15) is 40.4 Å². The molecule has 36 heavy (non-hydrogen) atoms.